The molecule has 7 heteroatoms. The highest BCUT2D eigenvalue weighted by Crippen LogP contribution is 2.22. The van der Waals surface area contributed by atoms with Gasteiger partial charge in [-0.3, -0.25) is 8.97 Å². The standard InChI is InChI=1S/C21H21N5O2/c1-14-8-9-16(13-27)11-18(14)23-19-24-21(28)25(2)20-22-12-17(26(19)20)10-15-6-4-3-5-7-15/h3-9,11-12,27H,10,13H2,1-2H3,(H,23,24,28). The van der Waals surface area contributed by atoms with Crippen molar-refractivity contribution in [2.45, 2.75) is 20.0 Å². The average molecular weight is 375 g/mol. The van der Waals surface area contributed by atoms with Crippen LogP contribution in [0.5, 0.6) is 0 Å². The van der Waals surface area contributed by atoms with Crippen LogP contribution >= 0.6 is 0 Å². The fourth-order valence-electron chi connectivity index (χ4n) is 3.18. The maximum absolute atomic E-state index is 12.3. The molecular formula is C21H21N5O2. The van der Waals surface area contributed by atoms with E-state index in [0.29, 0.717) is 18.1 Å². The predicted molar refractivity (Wildman–Crippen MR) is 108 cm³/mol. The number of benzene rings is 2. The second-order valence-electron chi connectivity index (χ2n) is 6.76. The van der Waals surface area contributed by atoms with Crippen LogP contribution in [-0.4, -0.2) is 24.0 Å². The second-order valence-corrected chi connectivity index (χ2v) is 6.76. The van der Waals surface area contributed by atoms with Gasteiger partial charge >= 0.3 is 5.69 Å². The Bertz CT molecular complexity index is 1190. The van der Waals surface area contributed by atoms with E-state index >= 15 is 0 Å². The zero-order valence-corrected chi connectivity index (χ0v) is 15.8. The Morgan fingerprint density at radius 3 is 2.64 bits per heavy atom. The van der Waals surface area contributed by atoms with Gasteiger partial charge in [0.05, 0.1) is 18.5 Å². The molecule has 4 rings (SSSR count). The molecule has 0 saturated heterocycles. The molecule has 28 heavy (non-hydrogen) atoms. The Balaban J connectivity index is 1.84. The minimum atomic E-state index is -0.386. The molecule has 0 saturated carbocycles. The topological polar surface area (TPSA) is 84.5 Å². The lowest BCUT2D eigenvalue weighted by atomic mass is 10.1. The molecule has 2 aromatic carbocycles. The lowest BCUT2D eigenvalue weighted by molar-refractivity contribution is 0.282. The van der Waals surface area contributed by atoms with Crippen LogP contribution in [0.15, 0.2) is 59.5 Å². The fourth-order valence-corrected chi connectivity index (χ4v) is 3.18. The first-order chi connectivity index (χ1) is 13.6. The average Bonchev–Trinajstić information content (AvgIpc) is 3.12. The minimum Gasteiger partial charge on any atom is -0.392 e. The fraction of sp³-hybridized carbons (Fsp3) is 0.190. The molecule has 0 aliphatic heterocycles. The Labute approximate surface area is 161 Å². The van der Waals surface area contributed by atoms with Crippen LogP contribution in [0.4, 0.5) is 11.6 Å². The summed E-state index contributed by atoms with van der Waals surface area (Å²) in [4.78, 5) is 21.0. The predicted octanol–water partition coefficient (Wildman–Crippen LogP) is 2.56. The van der Waals surface area contributed by atoms with Gasteiger partial charge in [-0.15, -0.1) is 0 Å². The molecule has 0 amide bonds. The summed E-state index contributed by atoms with van der Waals surface area (Å²) in [5, 5.41) is 12.7. The van der Waals surface area contributed by atoms with Crippen molar-refractivity contribution in [2.24, 2.45) is 7.05 Å². The molecule has 4 aromatic rings. The van der Waals surface area contributed by atoms with Crippen molar-refractivity contribution in [1.29, 1.82) is 0 Å². The second kappa shape index (κ2) is 7.28. The first-order valence-electron chi connectivity index (χ1n) is 9.01. The summed E-state index contributed by atoms with van der Waals surface area (Å²) in [6, 6.07) is 15.7. The Morgan fingerprint density at radius 2 is 1.89 bits per heavy atom. The van der Waals surface area contributed by atoms with Crippen LogP contribution in [0.2, 0.25) is 0 Å². The van der Waals surface area contributed by atoms with Gasteiger partial charge in [0.2, 0.25) is 11.7 Å². The minimum absolute atomic E-state index is 0.0569. The highest BCUT2D eigenvalue weighted by molar-refractivity contribution is 5.61. The summed E-state index contributed by atoms with van der Waals surface area (Å²) in [7, 11) is 1.66. The van der Waals surface area contributed by atoms with Crippen LogP contribution in [-0.2, 0) is 20.1 Å². The van der Waals surface area contributed by atoms with Crippen molar-refractivity contribution in [3.63, 3.8) is 0 Å². The van der Waals surface area contributed by atoms with Gasteiger partial charge in [-0.1, -0.05) is 42.5 Å². The largest absolute Gasteiger partial charge is 0.392 e. The number of aromatic nitrogens is 4. The van der Waals surface area contributed by atoms with E-state index in [4.69, 9.17) is 0 Å². The van der Waals surface area contributed by atoms with Crippen LogP contribution in [0.3, 0.4) is 0 Å². The summed E-state index contributed by atoms with van der Waals surface area (Å²) >= 11 is 0. The van der Waals surface area contributed by atoms with Crippen molar-refractivity contribution >= 4 is 17.4 Å². The molecule has 2 aromatic heterocycles. The van der Waals surface area contributed by atoms with Crippen molar-refractivity contribution < 1.29 is 5.11 Å². The van der Waals surface area contributed by atoms with Crippen LogP contribution in [0.1, 0.15) is 22.4 Å². The number of aliphatic hydroxyl groups excluding tert-OH is 1. The molecule has 0 bridgehead atoms. The molecule has 0 atom stereocenters. The third-order valence-electron chi connectivity index (χ3n) is 4.78. The number of rotatable bonds is 5. The number of hydrogen-bond donors (Lipinski definition) is 2. The maximum atomic E-state index is 12.3. The zero-order chi connectivity index (χ0) is 19.7. The molecule has 0 radical (unpaired) electrons. The molecular weight excluding hydrogens is 354 g/mol. The van der Waals surface area contributed by atoms with E-state index in [0.717, 1.165) is 28.1 Å². The van der Waals surface area contributed by atoms with E-state index in [2.05, 4.69) is 27.4 Å². The van der Waals surface area contributed by atoms with E-state index in [1.807, 2.05) is 47.7 Å². The van der Waals surface area contributed by atoms with Gasteiger partial charge in [0.1, 0.15) is 0 Å². The van der Waals surface area contributed by atoms with Crippen LogP contribution in [0.25, 0.3) is 5.78 Å². The Kier molecular flexibility index (Phi) is 4.67. The number of nitrogens with zero attached hydrogens (tertiary/aromatic N) is 4. The number of imidazole rings is 1. The van der Waals surface area contributed by atoms with Gasteiger partial charge in [-0.25, -0.2) is 9.78 Å². The number of fused-ring (bicyclic) bond motifs is 1. The normalized spacial score (nSPS) is 11.1. The first-order valence-corrected chi connectivity index (χ1v) is 9.01. The van der Waals surface area contributed by atoms with E-state index in [9.17, 15) is 9.90 Å². The van der Waals surface area contributed by atoms with Gasteiger partial charge in [0.25, 0.3) is 0 Å². The summed E-state index contributed by atoms with van der Waals surface area (Å²) < 4.78 is 3.29. The summed E-state index contributed by atoms with van der Waals surface area (Å²) in [5.41, 5.74) is 4.22. The monoisotopic (exact) mass is 375 g/mol. The van der Waals surface area contributed by atoms with E-state index in [1.54, 1.807) is 13.2 Å². The first kappa shape index (κ1) is 17.9. The van der Waals surface area contributed by atoms with Crippen molar-refractivity contribution in [3.8, 4) is 0 Å². The summed E-state index contributed by atoms with van der Waals surface area (Å²) in [5.74, 6) is 0.920. The number of hydrogen-bond acceptors (Lipinski definition) is 5. The molecule has 0 unspecified atom stereocenters. The number of anilines is 2. The van der Waals surface area contributed by atoms with Gasteiger partial charge < -0.3 is 10.4 Å². The molecule has 7 nitrogen and oxygen atoms in total. The van der Waals surface area contributed by atoms with E-state index < -0.39 is 0 Å². The zero-order valence-electron chi connectivity index (χ0n) is 15.8. The molecule has 0 aliphatic carbocycles. The van der Waals surface area contributed by atoms with E-state index in [-0.39, 0.29) is 12.3 Å². The Hall–Kier alpha value is -3.45. The number of aliphatic hydroxyl groups is 1. The number of nitrogens with one attached hydrogen (secondary N) is 1. The van der Waals surface area contributed by atoms with Crippen molar-refractivity contribution in [2.75, 3.05) is 5.32 Å². The van der Waals surface area contributed by atoms with Crippen LogP contribution in [0, 0.1) is 6.92 Å². The maximum Gasteiger partial charge on any atom is 0.353 e. The van der Waals surface area contributed by atoms with Crippen molar-refractivity contribution in [1.82, 2.24) is 18.9 Å². The third-order valence-corrected chi connectivity index (χ3v) is 4.78. The van der Waals surface area contributed by atoms with Gasteiger partial charge in [-0.05, 0) is 29.7 Å². The molecule has 0 fully saturated rings. The quantitative estimate of drug-likeness (QED) is 0.560. The molecule has 2 heterocycles. The lowest BCUT2D eigenvalue weighted by Crippen LogP contribution is -2.25. The Morgan fingerprint density at radius 1 is 1.11 bits per heavy atom. The van der Waals surface area contributed by atoms with Gasteiger partial charge in [0, 0.05) is 19.2 Å². The summed E-state index contributed by atoms with van der Waals surface area (Å²) in [6.45, 7) is 1.90. The lowest BCUT2D eigenvalue weighted by Gasteiger charge is -2.14. The molecule has 0 aliphatic rings. The third kappa shape index (κ3) is 3.27. The van der Waals surface area contributed by atoms with Crippen molar-refractivity contribution in [3.05, 3.63) is 87.6 Å². The van der Waals surface area contributed by atoms with Gasteiger partial charge in [-0.2, -0.15) is 4.98 Å². The number of aryl methyl sites for hydroxylation is 2. The highest BCUT2D eigenvalue weighted by Gasteiger charge is 2.15. The smallest absolute Gasteiger partial charge is 0.353 e. The molecule has 142 valence electrons. The highest BCUT2D eigenvalue weighted by atomic mass is 16.3. The molecule has 2 N–H and O–H groups in total. The SMILES string of the molecule is Cc1ccc(CO)cc1Nc1nc(=O)n(C)c2ncc(Cc3ccccc3)n12. The summed E-state index contributed by atoms with van der Waals surface area (Å²) in [6.07, 6.45) is 2.43. The van der Waals surface area contributed by atoms with E-state index in [1.165, 1.54) is 4.57 Å². The van der Waals surface area contributed by atoms with Crippen LogP contribution < -0.4 is 11.0 Å². The molecule has 0 spiro atoms. The van der Waals surface area contributed by atoms with Gasteiger partial charge in [0.15, 0.2) is 0 Å².